The molecule has 36 heavy (non-hydrogen) atoms. The Hall–Kier alpha value is -3.84. The molecule has 0 spiro atoms. The predicted octanol–water partition coefficient (Wildman–Crippen LogP) is 3.80. The average Bonchev–Trinajstić information content (AvgIpc) is 2.90. The summed E-state index contributed by atoms with van der Waals surface area (Å²) in [5.41, 5.74) is 6.69. The third-order valence-electron chi connectivity index (χ3n) is 5.08. The molecule has 0 aliphatic rings. The summed E-state index contributed by atoms with van der Waals surface area (Å²) in [7, 11) is 0. The van der Waals surface area contributed by atoms with Crippen molar-refractivity contribution in [1.29, 1.82) is 0 Å². The van der Waals surface area contributed by atoms with Crippen molar-refractivity contribution in [3.8, 4) is 22.9 Å². The second kappa shape index (κ2) is 11.7. The van der Waals surface area contributed by atoms with Gasteiger partial charge in [0, 0.05) is 31.0 Å². The summed E-state index contributed by atoms with van der Waals surface area (Å²) in [4.78, 5) is 12.7. The summed E-state index contributed by atoms with van der Waals surface area (Å²) in [5, 5.41) is 2.97. The second-order valence-electron chi connectivity index (χ2n) is 7.43. The number of rotatable bonds is 10. The highest BCUT2D eigenvalue weighted by Gasteiger charge is 2.25. The van der Waals surface area contributed by atoms with Crippen LogP contribution in [0.15, 0.2) is 73.1 Å². The van der Waals surface area contributed by atoms with Gasteiger partial charge in [-0.15, -0.1) is 0 Å². The SMILES string of the molecule is NCCNc1nccc(-c2cccnc2Oc2ccc(C(NS(=O)O)c3ccccc3)c(F)c2F)n1. The Labute approximate surface area is 208 Å². The number of benzene rings is 2. The molecule has 0 saturated heterocycles. The lowest BCUT2D eigenvalue weighted by molar-refractivity contribution is 0.402. The summed E-state index contributed by atoms with van der Waals surface area (Å²) in [6.07, 6.45) is 2.98. The Bertz CT molecular complexity index is 1360. The number of anilines is 1. The fourth-order valence-corrected chi connectivity index (χ4v) is 3.92. The average molecular weight is 513 g/mol. The zero-order valence-corrected chi connectivity index (χ0v) is 19.6. The highest BCUT2D eigenvalue weighted by Crippen LogP contribution is 2.35. The molecule has 2 heterocycles. The molecule has 0 fully saturated rings. The molecule has 186 valence electrons. The van der Waals surface area contributed by atoms with E-state index in [1.54, 1.807) is 48.5 Å². The largest absolute Gasteiger partial charge is 0.435 e. The number of aromatic nitrogens is 3. The van der Waals surface area contributed by atoms with Gasteiger partial charge in [-0.1, -0.05) is 36.4 Å². The first kappa shape index (κ1) is 25.3. The van der Waals surface area contributed by atoms with Gasteiger partial charge in [0.25, 0.3) is 0 Å². The van der Waals surface area contributed by atoms with Crippen LogP contribution in [0.3, 0.4) is 0 Å². The maximum atomic E-state index is 15.2. The molecule has 0 radical (unpaired) electrons. The third-order valence-corrected chi connectivity index (χ3v) is 5.51. The van der Waals surface area contributed by atoms with Crippen LogP contribution < -0.4 is 20.5 Å². The van der Waals surface area contributed by atoms with Gasteiger partial charge in [0.15, 0.2) is 11.6 Å². The molecular weight excluding hydrogens is 490 g/mol. The molecule has 0 aliphatic carbocycles. The number of hydrogen-bond acceptors (Lipinski definition) is 7. The van der Waals surface area contributed by atoms with Crippen LogP contribution in [0.5, 0.6) is 11.6 Å². The third kappa shape index (κ3) is 5.86. The van der Waals surface area contributed by atoms with Crippen LogP contribution in [0.1, 0.15) is 17.2 Å². The van der Waals surface area contributed by atoms with E-state index in [-0.39, 0.29) is 11.4 Å². The van der Waals surface area contributed by atoms with Gasteiger partial charge in [-0.2, -0.15) is 4.39 Å². The van der Waals surface area contributed by atoms with Crippen molar-refractivity contribution in [2.45, 2.75) is 6.04 Å². The minimum absolute atomic E-state index is 0.00113. The van der Waals surface area contributed by atoms with E-state index >= 15 is 8.78 Å². The highest BCUT2D eigenvalue weighted by atomic mass is 32.2. The van der Waals surface area contributed by atoms with Crippen LogP contribution in [0, 0.1) is 11.6 Å². The maximum absolute atomic E-state index is 15.2. The molecule has 12 heteroatoms. The van der Waals surface area contributed by atoms with Gasteiger partial charge in [-0.05, 0) is 29.8 Å². The summed E-state index contributed by atoms with van der Waals surface area (Å²) in [6, 6.07) is 14.8. The first-order valence-corrected chi connectivity index (χ1v) is 11.9. The van der Waals surface area contributed by atoms with Gasteiger partial charge in [0.05, 0.1) is 17.3 Å². The molecule has 0 saturated carbocycles. The maximum Gasteiger partial charge on any atom is 0.232 e. The van der Waals surface area contributed by atoms with E-state index in [0.717, 1.165) is 0 Å². The van der Waals surface area contributed by atoms with Crippen LogP contribution in [0.25, 0.3) is 11.3 Å². The molecule has 2 aromatic carbocycles. The Morgan fingerprint density at radius 2 is 1.81 bits per heavy atom. The first-order chi connectivity index (χ1) is 17.5. The molecule has 0 bridgehead atoms. The topological polar surface area (TPSA) is 135 Å². The van der Waals surface area contributed by atoms with Crippen LogP contribution in [-0.2, 0) is 11.3 Å². The number of nitrogens with two attached hydrogens (primary N) is 1. The Morgan fingerprint density at radius 1 is 1.00 bits per heavy atom. The van der Waals surface area contributed by atoms with Crippen LogP contribution in [0.4, 0.5) is 14.7 Å². The molecule has 5 N–H and O–H groups in total. The first-order valence-electron chi connectivity index (χ1n) is 10.8. The van der Waals surface area contributed by atoms with Crippen LogP contribution in [-0.4, -0.2) is 36.8 Å². The molecule has 0 aliphatic heterocycles. The van der Waals surface area contributed by atoms with Gasteiger partial charge >= 0.3 is 0 Å². The molecule has 9 nitrogen and oxygen atoms in total. The summed E-state index contributed by atoms with van der Waals surface area (Å²) >= 11 is -2.48. The standard InChI is InChI=1S/C24H22F2N6O3S/c25-20-17(22(32-36(33)34)15-5-2-1-3-6-15)8-9-19(21(20)26)35-23-16(7-4-12-28-23)18-10-13-29-24(31-18)30-14-11-27/h1-10,12-13,22,32H,11,14,27H2,(H,33,34)(H,29,30,31). The molecular formula is C24H22F2N6O3S. The molecule has 2 unspecified atom stereocenters. The van der Waals surface area contributed by atoms with E-state index in [4.69, 9.17) is 10.5 Å². The van der Waals surface area contributed by atoms with E-state index in [0.29, 0.717) is 35.9 Å². The zero-order chi connectivity index (χ0) is 25.5. The number of halogens is 2. The van der Waals surface area contributed by atoms with Crippen molar-refractivity contribution >= 4 is 17.2 Å². The predicted molar refractivity (Wildman–Crippen MR) is 131 cm³/mol. The van der Waals surface area contributed by atoms with Crippen molar-refractivity contribution in [3.05, 3.63) is 95.8 Å². The highest BCUT2D eigenvalue weighted by molar-refractivity contribution is 7.77. The lowest BCUT2D eigenvalue weighted by atomic mass is 9.99. The van der Waals surface area contributed by atoms with Crippen molar-refractivity contribution < 1.29 is 22.3 Å². The molecule has 4 rings (SSSR count). The fourth-order valence-electron chi connectivity index (χ4n) is 3.45. The zero-order valence-electron chi connectivity index (χ0n) is 18.8. The Morgan fingerprint density at radius 3 is 2.56 bits per heavy atom. The minimum atomic E-state index is -2.48. The van der Waals surface area contributed by atoms with Gasteiger partial charge in [0.1, 0.15) is 0 Å². The lowest BCUT2D eigenvalue weighted by Crippen LogP contribution is -2.25. The van der Waals surface area contributed by atoms with Crippen molar-refractivity contribution in [1.82, 2.24) is 19.7 Å². The number of ether oxygens (including phenoxy) is 1. The van der Waals surface area contributed by atoms with Gasteiger partial charge < -0.3 is 15.8 Å². The van der Waals surface area contributed by atoms with E-state index in [9.17, 15) is 8.76 Å². The lowest BCUT2D eigenvalue weighted by Gasteiger charge is -2.19. The molecule has 2 atom stereocenters. The van der Waals surface area contributed by atoms with Gasteiger partial charge in [-0.3, -0.25) is 4.55 Å². The molecule has 2 aromatic heterocycles. The van der Waals surface area contributed by atoms with Crippen molar-refractivity contribution in [2.24, 2.45) is 5.73 Å². The fraction of sp³-hybridized carbons (Fsp3) is 0.125. The normalized spacial score (nSPS) is 12.7. The van der Waals surface area contributed by atoms with Gasteiger partial charge in [-0.25, -0.2) is 28.3 Å². The van der Waals surface area contributed by atoms with E-state index in [2.05, 4.69) is 25.0 Å². The number of nitrogens with zero attached hydrogens (tertiary/aromatic N) is 3. The number of pyridine rings is 1. The van der Waals surface area contributed by atoms with E-state index in [1.165, 1.54) is 24.5 Å². The minimum Gasteiger partial charge on any atom is -0.435 e. The molecule has 4 aromatic rings. The van der Waals surface area contributed by atoms with Crippen LogP contribution in [0.2, 0.25) is 0 Å². The summed E-state index contributed by atoms with van der Waals surface area (Å²) in [5.74, 6) is -2.57. The Kier molecular flexibility index (Phi) is 8.23. The smallest absolute Gasteiger partial charge is 0.232 e. The number of hydrogen-bond donors (Lipinski definition) is 4. The monoisotopic (exact) mass is 512 g/mol. The van der Waals surface area contributed by atoms with Crippen molar-refractivity contribution in [3.63, 3.8) is 0 Å². The van der Waals surface area contributed by atoms with Crippen LogP contribution >= 0.6 is 0 Å². The Balaban J connectivity index is 1.67. The number of nitrogens with one attached hydrogen (secondary N) is 2. The quantitative estimate of drug-likeness (QED) is 0.236. The summed E-state index contributed by atoms with van der Waals surface area (Å²) in [6.45, 7) is 0.865. The van der Waals surface area contributed by atoms with Gasteiger partial charge in [0.2, 0.25) is 28.9 Å². The van der Waals surface area contributed by atoms with E-state index < -0.39 is 34.7 Å². The van der Waals surface area contributed by atoms with E-state index in [1.807, 2.05) is 0 Å². The second-order valence-corrected chi connectivity index (χ2v) is 8.16. The van der Waals surface area contributed by atoms with Crippen molar-refractivity contribution in [2.75, 3.05) is 18.4 Å². The molecule has 0 amide bonds. The summed E-state index contributed by atoms with van der Waals surface area (Å²) < 4.78 is 59.2.